The molecule has 1 N–H and O–H groups in total. The maximum absolute atomic E-state index is 11.7. The van der Waals surface area contributed by atoms with Crippen LogP contribution in [0.4, 0.5) is 0 Å². The molecule has 0 fully saturated rings. The number of ether oxygens (including phenoxy) is 1. The van der Waals surface area contributed by atoms with Crippen LogP contribution in [0.5, 0.6) is 11.5 Å². The van der Waals surface area contributed by atoms with E-state index in [1.165, 1.54) is 6.07 Å². The Morgan fingerprint density at radius 1 is 0.893 bits per heavy atom. The van der Waals surface area contributed by atoms with E-state index in [9.17, 15) is 13.0 Å². The molecule has 0 saturated heterocycles. The molecule has 0 spiro atoms. The molecule has 0 bridgehead atoms. The Balaban J connectivity index is 1.73. The highest BCUT2D eigenvalue weighted by Gasteiger charge is 2.17. The highest BCUT2D eigenvalue weighted by molar-refractivity contribution is 7.85. The largest absolute Gasteiger partial charge is 0.457 e. The van der Waals surface area contributed by atoms with Crippen LogP contribution in [0.15, 0.2) is 77.7 Å². The van der Waals surface area contributed by atoms with Gasteiger partial charge >= 0.3 is 0 Å². The van der Waals surface area contributed by atoms with Gasteiger partial charge in [-0.3, -0.25) is 4.55 Å². The van der Waals surface area contributed by atoms with Crippen molar-refractivity contribution in [3.05, 3.63) is 89.5 Å². The number of hydrogen-bond donors (Lipinski definition) is 1. The van der Waals surface area contributed by atoms with E-state index in [1.807, 2.05) is 67.6 Å². The molecule has 0 aliphatic heterocycles. The third-order valence-electron chi connectivity index (χ3n) is 4.52. The van der Waals surface area contributed by atoms with Crippen LogP contribution < -0.4 is 4.74 Å². The fourth-order valence-corrected chi connectivity index (χ4v) is 4.04. The van der Waals surface area contributed by atoms with Crippen LogP contribution in [0.3, 0.4) is 0 Å². The van der Waals surface area contributed by atoms with Crippen LogP contribution in [-0.2, 0) is 23.0 Å². The van der Waals surface area contributed by atoms with Gasteiger partial charge in [0, 0.05) is 0 Å². The average Bonchev–Trinajstić information content (AvgIpc) is 2.61. The fraction of sp³-hybridized carbons (Fsp3) is 0.217. The average molecular weight is 397 g/mol. The zero-order chi connectivity index (χ0) is 20.1. The first kappa shape index (κ1) is 20.1. The summed E-state index contributed by atoms with van der Waals surface area (Å²) in [5.74, 6) is 1.74. The first-order valence-electron chi connectivity index (χ1n) is 9.20. The van der Waals surface area contributed by atoms with Crippen molar-refractivity contribution in [2.45, 2.75) is 31.6 Å². The lowest BCUT2D eigenvalue weighted by molar-refractivity contribution is 0.479. The summed E-state index contributed by atoms with van der Waals surface area (Å²) in [5.41, 5.74) is 2.72. The third-order valence-corrected chi connectivity index (χ3v) is 5.48. The van der Waals surface area contributed by atoms with Crippen molar-refractivity contribution in [3.8, 4) is 11.5 Å². The Hall–Kier alpha value is -2.63. The number of rotatable bonds is 7. The van der Waals surface area contributed by atoms with Crippen molar-refractivity contribution >= 4 is 10.1 Å². The molecule has 3 rings (SSSR count). The van der Waals surface area contributed by atoms with Gasteiger partial charge in [-0.15, -0.1) is 0 Å². The van der Waals surface area contributed by atoms with Crippen molar-refractivity contribution in [1.82, 2.24) is 0 Å². The second-order valence-corrected chi connectivity index (χ2v) is 8.55. The first-order valence-corrected chi connectivity index (χ1v) is 10.6. The van der Waals surface area contributed by atoms with Gasteiger partial charge in [-0.1, -0.05) is 55.0 Å². The Bertz CT molecular complexity index is 1040. The van der Waals surface area contributed by atoms with Gasteiger partial charge in [0.15, 0.2) is 0 Å². The maximum Gasteiger partial charge on any atom is 0.294 e. The van der Waals surface area contributed by atoms with Crippen LogP contribution in [0.1, 0.15) is 23.6 Å². The molecule has 3 aromatic rings. The topological polar surface area (TPSA) is 63.6 Å². The fourth-order valence-electron chi connectivity index (χ4n) is 3.33. The SMILES string of the molecule is Cc1ccc(S(=O)(=O)O)c(CC(C)Cc2cccc(Oc3ccccc3)c2)c1. The van der Waals surface area contributed by atoms with Crippen molar-refractivity contribution in [2.24, 2.45) is 5.92 Å². The molecule has 0 radical (unpaired) electrons. The molecule has 146 valence electrons. The van der Waals surface area contributed by atoms with Gasteiger partial charge in [0.05, 0.1) is 4.90 Å². The van der Waals surface area contributed by atoms with Crippen LogP contribution in [0, 0.1) is 12.8 Å². The zero-order valence-electron chi connectivity index (χ0n) is 16.0. The molecule has 1 atom stereocenters. The van der Waals surface area contributed by atoms with E-state index in [0.29, 0.717) is 12.0 Å². The van der Waals surface area contributed by atoms with Gasteiger partial charge in [0.1, 0.15) is 11.5 Å². The van der Waals surface area contributed by atoms with E-state index in [1.54, 1.807) is 6.07 Å². The lowest BCUT2D eigenvalue weighted by Crippen LogP contribution is -2.09. The van der Waals surface area contributed by atoms with Crippen LogP contribution in [-0.4, -0.2) is 13.0 Å². The normalized spacial score (nSPS) is 12.5. The Labute approximate surface area is 166 Å². The minimum Gasteiger partial charge on any atom is -0.457 e. The Kier molecular flexibility index (Phi) is 6.17. The highest BCUT2D eigenvalue weighted by Crippen LogP contribution is 2.25. The molecule has 1 unspecified atom stereocenters. The van der Waals surface area contributed by atoms with Crippen LogP contribution in [0.25, 0.3) is 0 Å². The minimum absolute atomic E-state index is 0.00823. The van der Waals surface area contributed by atoms with E-state index >= 15 is 0 Å². The number of para-hydroxylation sites is 1. The summed E-state index contributed by atoms with van der Waals surface area (Å²) < 4.78 is 38.7. The van der Waals surface area contributed by atoms with Gasteiger partial charge in [0.2, 0.25) is 0 Å². The second kappa shape index (κ2) is 8.59. The monoisotopic (exact) mass is 396 g/mol. The highest BCUT2D eigenvalue weighted by atomic mass is 32.2. The molecule has 28 heavy (non-hydrogen) atoms. The number of aryl methyl sites for hydroxylation is 1. The molecule has 4 nitrogen and oxygen atoms in total. The molecule has 0 aromatic heterocycles. The van der Waals surface area contributed by atoms with Crippen molar-refractivity contribution in [3.63, 3.8) is 0 Å². The van der Waals surface area contributed by atoms with Crippen molar-refractivity contribution < 1.29 is 17.7 Å². The molecule has 0 saturated carbocycles. The van der Waals surface area contributed by atoms with Crippen molar-refractivity contribution in [1.29, 1.82) is 0 Å². The lowest BCUT2D eigenvalue weighted by Gasteiger charge is -2.15. The summed E-state index contributed by atoms with van der Waals surface area (Å²) >= 11 is 0. The lowest BCUT2D eigenvalue weighted by atomic mass is 9.93. The Morgan fingerprint density at radius 3 is 2.32 bits per heavy atom. The van der Waals surface area contributed by atoms with Gasteiger partial charge < -0.3 is 4.74 Å². The quantitative estimate of drug-likeness (QED) is 0.539. The number of benzene rings is 3. The predicted molar refractivity (Wildman–Crippen MR) is 111 cm³/mol. The molecule has 3 aromatic carbocycles. The molecule has 0 aliphatic rings. The predicted octanol–water partition coefficient (Wildman–Crippen LogP) is 5.46. The first-order chi connectivity index (χ1) is 13.3. The Morgan fingerprint density at radius 2 is 1.61 bits per heavy atom. The smallest absolute Gasteiger partial charge is 0.294 e. The van der Waals surface area contributed by atoms with E-state index < -0.39 is 10.1 Å². The molecular formula is C23H24O4S. The minimum atomic E-state index is -4.23. The zero-order valence-corrected chi connectivity index (χ0v) is 16.8. The molecule has 0 heterocycles. The molecule has 5 heteroatoms. The van der Waals surface area contributed by atoms with Gasteiger partial charge in [0.25, 0.3) is 10.1 Å². The summed E-state index contributed by atoms with van der Waals surface area (Å²) in [4.78, 5) is -0.00823. The standard InChI is InChI=1S/C23H24O4S/c1-17-11-12-23(28(24,25)26)20(14-17)15-18(2)13-19-7-6-10-22(16-19)27-21-8-4-3-5-9-21/h3-12,14,16,18H,13,15H2,1-2H3,(H,24,25,26). The third kappa shape index (κ3) is 5.44. The maximum atomic E-state index is 11.7. The summed E-state index contributed by atoms with van der Waals surface area (Å²) in [5, 5.41) is 0. The van der Waals surface area contributed by atoms with Crippen LogP contribution in [0.2, 0.25) is 0 Å². The molecule has 0 aliphatic carbocycles. The van der Waals surface area contributed by atoms with Gasteiger partial charge in [-0.2, -0.15) is 8.42 Å². The summed E-state index contributed by atoms with van der Waals surface area (Å²) in [6.45, 7) is 3.98. The van der Waals surface area contributed by atoms with E-state index in [-0.39, 0.29) is 10.8 Å². The number of hydrogen-bond acceptors (Lipinski definition) is 3. The summed E-state index contributed by atoms with van der Waals surface area (Å²) in [6, 6.07) is 22.5. The van der Waals surface area contributed by atoms with E-state index in [2.05, 4.69) is 6.92 Å². The second-order valence-electron chi connectivity index (χ2n) is 7.16. The molecule has 0 amide bonds. The summed E-state index contributed by atoms with van der Waals surface area (Å²) in [6.07, 6.45) is 1.32. The van der Waals surface area contributed by atoms with Crippen LogP contribution >= 0.6 is 0 Å². The van der Waals surface area contributed by atoms with Crippen molar-refractivity contribution in [2.75, 3.05) is 0 Å². The van der Waals surface area contributed by atoms with Gasteiger partial charge in [-0.05, 0) is 67.1 Å². The van der Waals surface area contributed by atoms with Gasteiger partial charge in [-0.25, -0.2) is 0 Å². The summed E-state index contributed by atoms with van der Waals surface area (Å²) in [7, 11) is -4.23. The molecular weight excluding hydrogens is 372 g/mol. The van der Waals surface area contributed by atoms with E-state index in [4.69, 9.17) is 4.74 Å². The van der Waals surface area contributed by atoms with E-state index in [0.717, 1.165) is 29.0 Å².